The molecule has 5 heteroatoms. The monoisotopic (exact) mass is 237 g/mol. The Morgan fingerprint density at radius 2 is 2.24 bits per heavy atom. The lowest BCUT2D eigenvalue weighted by Crippen LogP contribution is -2.36. The number of hydrogen-bond acceptors (Lipinski definition) is 2. The Labute approximate surface area is 97.4 Å². The van der Waals surface area contributed by atoms with Gasteiger partial charge in [0.25, 0.3) is 0 Å². The number of carbonyl (C=O) groups excluding carboxylic acids is 1. The van der Waals surface area contributed by atoms with Crippen LogP contribution in [0.2, 0.25) is 0 Å². The third-order valence-corrected chi connectivity index (χ3v) is 3.00. The molecule has 1 saturated heterocycles. The first-order valence-corrected chi connectivity index (χ1v) is 5.27. The van der Waals surface area contributed by atoms with Crippen molar-refractivity contribution in [2.45, 2.75) is 25.3 Å². The van der Waals surface area contributed by atoms with Crippen molar-refractivity contribution < 1.29 is 19.1 Å². The third-order valence-electron chi connectivity index (χ3n) is 3.00. The lowest BCUT2D eigenvalue weighted by Gasteiger charge is -2.15. The molecule has 4 nitrogen and oxygen atoms in total. The number of carboxylic acid groups (broad SMARTS) is 1. The standard InChI is InChI=1S/C12H12FNO3/c1-6-4-7(2-3-9(6)13)8-5-10(15)14-11(8)12(16)17/h2-4,8,11H,5H2,1H3,(H,14,15)(H,16,17). The summed E-state index contributed by atoms with van der Waals surface area (Å²) in [6, 6.07) is 3.50. The van der Waals surface area contributed by atoms with Gasteiger partial charge in [-0.15, -0.1) is 0 Å². The van der Waals surface area contributed by atoms with Crippen LogP contribution in [0.5, 0.6) is 0 Å². The number of benzene rings is 1. The van der Waals surface area contributed by atoms with E-state index < -0.39 is 17.9 Å². The molecule has 17 heavy (non-hydrogen) atoms. The highest BCUT2D eigenvalue weighted by molar-refractivity contribution is 5.89. The molecule has 1 aromatic rings. The van der Waals surface area contributed by atoms with E-state index in [2.05, 4.69) is 5.32 Å². The lowest BCUT2D eigenvalue weighted by atomic mass is 9.91. The highest BCUT2D eigenvalue weighted by atomic mass is 19.1. The molecule has 2 unspecified atom stereocenters. The number of carboxylic acids is 1. The summed E-state index contributed by atoms with van der Waals surface area (Å²) in [6.45, 7) is 1.61. The van der Waals surface area contributed by atoms with E-state index in [1.807, 2.05) is 0 Å². The summed E-state index contributed by atoms with van der Waals surface area (Å²) < 4.78 is 13.1. The van der Waals surface area contributed by atoms with Crippen molar-refractivity contribution in [1.82, 2.24) is 5.32 Å². The molecule has 0 aliphatic carbocycles. The summed E-state index contributed by atoms with van der Waals surface area (Å²) in [7, 11) is 0. The normalized spacial score (nSPS) is 23.5. The van der Waals surface area contributed by atoms with E-state index in [1.54, 1.807) is 13.0 Å². The highest BCUT2D eigenvalue weighted by Gasteiger charge is 2.38. The molecule has 0 saturated carbocycles. The predicted octanol–water partition coefficient (Wildman–Crippen LogP) is 1.19. The van der Waals surface area contributed by atoms with Crippen LogP contribution in [0, 0.1) is 12.7 Å². The summed E-state index contributed by atoms with van der Waals surface area (Å²) in [4.78, 5) is 22.2. The maximum Gasteiger partial charge on any atom is 0.326 e. The molecule has 1 aromatic carbocycles. The summed E-state index contributed by atoms with van der Waals surface area (Å²) in [5.41, 5.74) is 1.13. The smallest absolute Gasteiger partial charge is 0.326 e. The van der Waals surface area contributed by atoms with Gasteiger partial charge in [-0.3, -0.25) is 4.79 Å². The van der Waals surface area contributed by atoms with Crippen molar-refractivity contribution in [3.8, 4) is 0 Å². The first kappa shape index (κ1) is 11.6. The highest BCUT2D eigenvalue weighted by Crippen LogP contribution is 2.29. The molecule has 2 atom stereocenters. The van der Waals surface area contributed by atoms with Crippen molar-refractivity contribution in [1.29, 1.82) is 0 Å². The van der Waals surface area contributed by atoms with Gasteiger partial charge in [-0.25, -0.2) is 9.18 Å². The van der Waals surface area contributed by atoms with Crippen molar-refractivity contribution in [3.63, 3.8) is 0 Å². The van der Waals surface area contributed by atoms with Crippen molar-refractivity contribution in [2.75, 3.05) is 0 Å². The molecule has 1 amide bonds. The molecule has 2 N–H and O–H groups in total. The second-order valence-electron chi connectivity index (χ2n) is 4.20. The Balaban J connectivity index is 2.34. The molecule has 0 spiro atoms. The number of carbonyl (C=O) groups is 2. The van der Waals surface area contributed by atoms with Crippen LogP contribution in [0.4, 0.5) is 4.39 Å². The summed E-state index contributed by atoms with van der Waals surface area (Å²) >= 11 is 0. The van der Waals surface area contributed by atoms with Gasteiger partial charge in [-0.05, 0) is 24.1 Å². The first-order valence-electron chi connectivity index (χ1n) is 5.27. The zero-order valence-electron chi connectivity index (χ0n) is 9.24. The van der Waals surface area contributed by atoms with E-state index in [4.69, 9.17) is 5.11 Å². The lowest BCUT2D eigenvalue weighted by molar-refractivity contribution is -0.140. The molecular weight excluding hydrogens is 225 g/mol. The molecule has 1 heterocycles. The van der Waals surface area contributed by atoms with Crippen LogP contribution in [0.1, 0.15) is 23.5 Å². The van der Waals surface area contributed by atoms with Gasteiger partial charge in [-0.2, -0.15) is 0 Å². The quantitative estimate of drug-likeness (QED) is 0.812. The van der Waals surface area contributed by atoms with E-state index in [-0.39, 0.29) is 18.1 Å². The van der Waals surface area contributed by atoms with Gasteiger partial charge in [0.15, 0.2) is 0 Å². The molecule has 0 aromatic heterocycles. The van der Waals surface area contributed by atoms with E-state index in [9.17, 15) is 14.0 Å². The number of aryl methyl sites for hydroxylation is 1. The van der Waals surface area contributed by atoms with Crippen molar-refractivity contribution >= 4 is 11.9 Å². The minimum Gasteiger partial charge on any atom is -0.480 e. The van der Waals surface area contributed by atoms with Crippen LogP contribution in [-0.4, -0.2) is 23.0 Å². The Kier molecular flexibility index (Phi) is 2.83. The van der Waals surface area contributed by atoms with E-state index >= 15 is 0 Å². The SMILES string of the molecule is Cc1cc(C2CC(=O)NC2C(=O)O)ccc1F. The van der Waals surface area contributed by atoms with Gasteiger partial charge in [0.05, 0.1) is 0 Å². The number of halogens is 1. The van der Waals surface area contributed by atoms with Crippen LogP contribution in [0.15, 0.2) is 18.2 Å². The summed E-state index contributed by atoms with van der Waals surface area (Å²) in [5, 5.41) is 11.4. The largest absolute Gasteiger partial charge is 0.480 e. The third kappa shape index (κ3) is 2.13. The van der Waals surface area contributed by atoms with Crippen LogP contribution in [0.25, 0.3) is 0 Å². The van der Waals surface area contributed by atoms with Crippen molar-refractivity contribution in [2.24, 2.45) is 0 Å². The van der Waals surface area contributed by atoms with E-state index in [1.165, 1.54) is 12.1 Å². The topological polar surface area (TPSA) is 66.4 Å². The summed E-state index contributed by atoms with van der Waals surface area (Å²) in [5.74, 6) is -2.12. The molecule has 2 rings (SSSR count). The number of aliphatic carboxylic acids is 1. The number of hydrogen-bond donors (Lipinski definition) is 2. The van der Waals surface area contributed by atoms with Crippen LogP contribution in [-0.2, 0) is 9.59 Å². The predicted molar refractivity (Wildman–Crippen MR) is 58.1 cm³/mol. The van der Waals surface area contributed by atoms with Gasteiger partial charge in [0.2, 0.25) is 5.91 Å². The fourth-order valence-corrected chi connectivity index (χ4v) is 2.09. The maximum atomic E-state index is 13.1. The summed E-state index contributed by atoms with van der Waals surface area (Å²) in [6.07, 6.45) is 0.127. The number of amides is 1. The van der Waals surface area contributed by atoms with Crippen LogP contribution >= 0.6 is 0 Å². The van der Waals surface area contributed by atoms with Gasteiger partial charge < -0.3 is 10.4 Å². The van der Waals surface area contributed by atoms with Gasteiger partial charge in [0.1, 0.15) is 11.9 Å². The van der Waals surface area contributed by atoms with Gasteiger partial charge in [0, 0.05) is 12.3 Å². The molecule has 0 radical (unpaired) electrons. The molecule has 90 valence electrons. The average Bonchev–Trinajstić information content (AvgIpc) is 2.64. The van der Waals surface area contributed by atoms with Crippen LogP contribution < -0.4 is 5.32 Å². The minimum atomic E-state index is -1.07. The minimum absolute atomic E-state index is 0.127. The fourth-order valence-electron chi connectivity index (χ4n) is 2.09. The van der Waals surface area contributed by atoms with E-state index in [0.717, 1.165) is 0 Å². The molecule has 0 bridgehead atoms. The van der Waals surface area contributed by atoms with Gasteiger partial charge >= 0.3 is 5.97 Å². The maximum absolute atomic E-state index is 13.1. The number of nitrogens with one attached hydrogen (secondary N) is 1. The van der Waals surface area contributed by atoms with E-state index in [0.29, 0.717) is 11.1 Å². The Morgan fingerprint density at radius 1 is 1.53 bits per heavy atom. The molecule has 1 fully saturated rings. The Bertz CT molecular complexity index is 487. The average molecular weight is 237 g/mol. The zero-order valence-corrected chi connectivity index (χ0v) is 9.24. The molecule has 1 aliphatic heterocycles. The van der Waals surface area contributed by atoms with Crippen LogP contribution in [0.3, 0.4) is 0 Å². The molecule has 1 aliphatic rings. The Morgan fingerprint density at radius 3 is 2.82 bits per heavy atom. The Hall–Kier alpha value is -1.91. The zero-order chi connectivity index (χ0) is 12.6. The van der Waals surface area contributed by atoms with Crippen molar-refractivity contribution in [3.05, 3.63) is 35.1 Å². The second-order valence-corrected chi connectivity index (χ2v) is 4.20. The molecular formula is C12H12FNO3. The second kappa shape index (κ2) is 4.16. The fraction of sp³-hybridized carbons (Fsp3) is 0.333. The van der Waals surface area contributed by atoms with Gasteiger partial charge in [-0.1, -0.05) is 12.1 Å². The number of rotatable bonds is 2. The first-order chi connectivity index (χ1) is 7.99.